The van der Waals surface area contributed by atoms with Crippen molar-refractivity contribution in [2.45, 2.75) is 45.4 Å². The van der Waals surface area contributed by atoms with Crippen molar-refractivity contribution in [2.24, 2.45) is 0 Å². The van der Waals surface area contributed by atoms with Crippen molar-refractivity contribution in [1.29, 1.82) is 0 Å². The van der Waals surface area contributed by atoms with Crippen LogP contribution in [0, 0.1) is 0 Å². The maximum absolute atomic E-state index is 10.7. The number of unbranched alkanes of at least 4 members (excludes halogenated alkanes) is 1. The molecule has 0 aliphatic carbocycles. The van der Waals surface area contributed by atoms with E-state index >= 15 is 0 Å². The first-order chi connectivity index (χ1) is 11.1. The molecule has 0 saturated carbocycles. The minimum Gasteiger partial charge on any atom is -0.481 e. The van der Waals surface area contributed by atoms with Gasteiger partial charge >= 0.3 is 5.97 Å². The van der Waals surface area contributed by atoms with E-state index < -0.39 is 5.97 Å². The maximum atomic E-state index is 10.7. The van der Waals surface area contributed by atoms with Crippen LogP contribution in [-0.2, 0) is 17.6 Å². The molecule has 1 N–H and O–H groups in total. The van der Waals surface area contributed by atoms with E-state index in [1.807, 2.05) is 0 Å². The lowest BCUT2D eigenvalue weighted by molar-refractivity contribution is -0.137. The highest BCUT2D eigenvalue weighted by molar-refractivity contribution is 6.18. The molecule has 0 heterocycles. The van der Waals surface area contributed by atoms with Gasteiger partial charge in [-0.25, -0.2) is 0 Å². The molecule has 5 heteroatoms. The number of alkyl halides is 2. The van der Waals surface area contributed by atoms with Crippen LogP contribution in [0.3, 0.4) is 0 Å². The fraction of sp³-hybridized carbons (Fsp3) is 0.611. The second-order valence-electron chi connectivity index (χ2n) is 5.67. The molecule has 0 aromatic heterocycles. The first kappa shape index (κ1) is 20.1. The Bertz CT molecular complexity index is 474. The molecule has 23 heavy (non-hydrogen) atoms. The number of carboxylic acids is 1. The van der Waals surface area contributed by atoms with Gasteiger partial charge in [0.1, 0.15) is 0 Å². The summed E-state index contributed by atoms with van der Waals surface area (Å²) in [6, 6.07) is 6.47. The van der Waals surface area contributed by atoms with Gasteiger partial charge in [0.2, 0.25) is 0 Å². The topological polar surface area (TPSA) is 40.5 Å². The smallest absolute Gasteiger partial charge is 0.303 e. The SMILES string of the molecule is CCCCc1cc(N(CCCl)CCCl)ccc1CCCC(=O)O. The fourth-order valence-corrected chi connectivity index (χ4v) is 3.07. The summed E-state index contributed by atoms with van der Waals surface area (Å²) in [7, 11) is 0. The first-order valence-corrected chi connectivity index (χ1v) is 9.39. The summed E-state index contributed by atoms with van der Waals surface area (Å²) < 4.78 is 0. The van der Waals surface area contributed by atoms with Crippen LogP contribution in [0.1, 0.15) is 43.7 Å². The van der Waals surface area contributed by atoms with Crippen LogP contribution in [0.2, 0.25) is 0 Å². The zero-order chi connectivity index (χ0) is 17.1. The Kier molecular flexibility index (Phi) is 10.1. The number of anilines is 1. The van der Waals surface area contributed by atoms with Crippen LogP contribution in [0.5, 0.6) is 0 Å². The third kappa shape index (κ3) is 7.45. The van der Waals surface area contributed by atoms with Crippen LogP contribution in [-0.4, -0.2) is 35.9 Å². The van der Waals surface area contributed by atoms with Crippen molar-refractivity contribution in [1.82, 2.24) is 0 Å². The predicted molar refractivity (Wildman–Crippen MR) is 99.3 cm³/mol. The summed E-state index contributed by atoms with van der Waals surface area (Å²) in [5.41, 5.74) is 3.74. The van der Waals surface area contributed by atoms with Crippen molar-refractivity contribution in [3.63, 3.8) is 0 Å². The Morgan fingerprint density at radius 1 is 1.09 bits per heavy atom. The summed E-state index contributed by atoms with van der Waals surface area (Å²) in [5.74, 6) is 0.412. The highest BCUT2D eigenvalue weighted by Crippen LogP contribution is 2.23. The van der Waals surface area contributed by atoms with E-state index in [1.165, 1.54) is 11.1 Å². The molecular weight excluding hydrogens is 333 g/mol. The lowest BCUT2D eigenvalue weighted by Crippen LogP contribution is -2.27. The molecule has 3 nitrogen and oxygen atoms in total. The van der Waals surface area contributed by atoms with Gasteiger partial charge in [0.15, 0.2) is 0 Å². The Hall–Kier alpha value is -0.930. The highest BCUT2D eigenvalue weighted by Gasteiger charge is 2.10. The maximum Gasteiger partial charge on any atom is 0.303 e. The second kappa shape index (κ2) is 11.6. The Morgan fingerprint density at radius 2 is 1.74 bits per heavy atom. The third-order valence-electron chi connectivity index (χ3n) is 3.90. The Morgan fingerprint density at radius 3 is 2.30 bits per heavy atom. The molecule has 0 atom stereocenters. The van der Waals surface area contributed by atoms with E-state index in [1.54, 1.807) is 0 Å². The Labute approximate surface area is 149 Å². The van der Waals surface area contributed by atoms with Gasteiger partial charge in [0, 0.05) is 37.0 Å². The summed E-state index contributed by atoms with van der Waals surface area (Å²) in [6.45, 7) is 3.74. The standard InChI is InChI=1S/C18H27Cl2NO2/c1-2-3-5-16-14-17(21(12-10-19)13-11-20)9-8-15(16)6-4-7-18(22)23/h8-9,14H,2-7,10-13H2,1H3,(H,22,23). The summed E-state index contributed by atoms with van der Waals surface area (Å²) >= 11 is 11.8. The molecule has 1 aromatic carbocycles. The first-order valence-electron chi connectivity index (χ1n) is 8.32. The molecule has 0 amide bonds. The molecule has 1 rings (SSSR count). The van der Waals surface area contributed by atoms with E-state index in [2.05, 4.69) is 30.0 Å². The van der Waals surface area contributed by atoms with Crippen LogP contribution >= 0.6 is 23.2 Å². The lowest BCUT2D eigenvalue weighted by Gasteiger charge is -2.24. The number of nitrogens with zero attached hydrogens (tertiary/aromatic N) is 1. The number of hydrogen-bond donors (Lipinski definition) is 1. The summed E-state index contributed by atoms with van der Waals surface area (Å²) in [4.78, 5) is 12.9. The third-order valence-corrected chi connectivity index (χ3v) is 4.24. The molecule has 1 aromatic rings. The number of carbonyl (C=O) groups is 1. The monoisotopic (exact) mass is 359 g/mol. The van der Waals surface area contributed by atoms with Gasteiger partial charge in [-0.3, -0.25) is 4.79 Å². The molecule has 0 spiro atoms. The van der Waals surface area contributed by atoms with Gasteiger partial charge in [0.05, 0.1) is 0 Å². The molecule has 0 radical (unpaired) electrons. The second-order valence-corrected chi connectivity index (χ2v) is 6.42. The molecule has 0 fully saturated rings. The van der Waals surface area contributed by atoms with E-state index in [4.69, 9.17) is 28.3 Å². The van der Waals surface area contributed by atoms with Crippen molar-refractivity contribution >= 4 is 34.9 Å². The lowest BCUT2D eigenvalue weighted by atomic mass is 9.97. The number of aliphatic carboxylic acids is 1. The van der Waals surface area contributed by atoms with Gasteiger partial charge < -0.3 is 10.0 Å². The van der Waals surface area contributed by atoms with Gasteiger partial charge in [-0.05, 0) is 48.9 Å². The summed E-state index contributed by atoms with van der Waals surface area (Å²) in [6.07, 6.45) is 5.03. The fourth-order valence-electron chi connectivity index (χ4n) is 2.66. The van der Waals surface area contributed by atoms with Crippen molar-refractivity contribution in [3.05, 3.63) is 29.3 Å². The van der Waals surface area contributed by atoms with E-state index in [9.17, 15) is 4.79 Å². The molecule has 0 aliphatic heterocycles. The van der Waals surface area contributed by atoms with E-state index in [0.717, 1.165) is 44.5 Å². The Balaban J connectivity index is 2.91. The van der Waals surface area contributed by atoms with Gasteiger partial charge in [0.25, 0.3) is 0 Å². The molecule has 0 saturated heterocycles. The van der Waals surface area contributed by atoms with Crippen molar-refractivity contribution < 1.29 is 9.90 Å². The largest absolute Gasteiger partial charge is 0.481 e. The van der Waals surface area contributed by atoms with Gasteiger partial charge in [-0.15, -0.1) is 23.2 Å². The summed E-state index contributed by atoms with van der Waals surface area (Å²) in [5, 5.41) is 8.81. The zero-order valence-corrected chi connectivity index (χ0v) is 15.4. The molecule has 0 bridgehead atoms. The number of rotatable bonds is 12. The zero-order valence-electron chi connectivity index (χ0n) is 13.9. The van der Waals surface area contributed by atoms with Crippen molar-refractivity contribution in [2.75, 3.05) is 29.7 Å². The van der Waals surface area contributed by atoms with Crippen molar-refractivity contribution in [3.8, 4) is 0 Å². The quantitative estimate of drug-likeness (QED) is 0.548. The number of hydrogen-bond acceptors (Lipinski definition) is 2. The number of benzene rings is 1. The van der Waals surface area contributed by atoms with Gasteiger partial charge in [-0.1, -0.05) is 19.4 Å². The molecule has 0 aliphatic rings. The van der Waals surface area contributed by atoms with Gasteiger partial charge in [-0.2, -0.15) is 0 Å². The minimum absolute atomic E-state index is 0.222. The normalized spacial score (nSPS) is 10.7. The predicted octanol–water partition coefficient (Wildman–Crippen LogP) is 4.72. The van der Waals surface area contributed by atoms with Crippen LogP contribution in [0.15, 0.2) is 18.2 Å². The van der Waals surface area contributed by atoms with Crippen LogP contribution < -0.4 is 4.90 Å². The van der Waals surface area contributed by atoms with E-state index in [0.29, 0.717) is 18.2 Å². The number of halogens is 2. The molecule has 0 unspecified atom stereocenters. The minimum atomic E-state index is -0.730. The van der Waals surface area contributed by atoms with E-state index in [-0.39, 0.29) is 6.42 Å². The number of aryl methyl sites for hydroxylation is 2. The number of carboxylic acid groups (broad SMARTS) is 1. The average molecular weight is 360 g/mol. The molecular formula is C18H27Cl2NO2. The van der Waals surface area contributed by atoms with Crippen LogP contribution in [0.25, 0.3) is 0 Å². The molecule has 130 valence electrons. The average Bonchev–Trinajstić information content (AvgIpc) is 2.53. The highest BCUT2D eigenvalue weighted by atomic mass is 35.5. The van der Waals surface area contributed by atoms with Crippen LogP contribution in [0.4, 0.5) is 5.69 Å².